The predicted molar refractivity (Wildman–Crippen MR) is 76.6 cm³/mol. The second-order valence-electron chi connectivity index (χ2n) is 4.30. The monoisotopic (exact) mass is 240 g/mol. The Morgan fingerprint density at radius 1 is 0.944 bits per heavy atom. The van der Waals surface area contributed by atoms with Gasteiger partial charge in [-0.1, -0.05) is 44.4 Å². The molecule has 94 valence electrons. The fourth-order valence-electron chi connectivity index (χ4n) is 1.74. The Bertz CT molecular complexity index is 413. The lowest BCUT2D eigenvalue weighted by molar-refractivity contribution is 0.304. The third-order valence-electron chi connectivity index (χ3n) is 2.76. The van der Waals surface area contributed by atoms with E-state index in [1.807, 2.05) is 18.2 Å². The van der Waals surface area contributed by atoms with Crippen LogP contribution in [0, 0.1) is 24.7 Å². The van der Waals surface area contributed by atoms with E-state index in [-0.39, 0.29) is 0 Å². The average molecular weight is 240 g/mol. The van der Waals surface area contributed by atoms with Crippen LogP contribution in [0.15, 0.2) is 18.2 Å². The van der Waals surface area contributed by atoms with Crippen LogP contribution in [0.1, 0.15) is 50.2 Å². The van der Waals surface area contributed by atoms with Crippen LogP contribution in [0.2, 0.25) is 0 Å². The molecule has 0 amide bonds. The minimum absolute atomic E-state index is 0.724. The van der Waals surface area contributed by atoms with Crippen molar-refractivity contribution < 1.29 is 4.74 Å². The van der Waals surface area contributed by atoms with E-state index in [4.69, 9.17) is 17.6 Å². The summed E-state index contributed by atoms with van der Waals surface area (Å²) in [4.78, 5) is 0. The van der Waals surface area contributed by atoms with Crippen LogP contribution in [0.4, 0.5) is 0 Å². The van der Waals surface area contributed by atoms with E-state index in [2.05, 4.69) is 18.8 Å². The van der Waals surface area contributed by atoms with E-state index in [0.29, 0.717) is 0 Å². The molecule has 1 aromatic carbocycles. The summed E-state index contributed by atoms with van der Waals surface area (Å²) in [7, 11) is 0. The first kappa shape index (κ1) is 14.2. The second-order valence-corrected chi connectivity index (χ2v) is 4.30. The van der Waals surface area contributed by atoms with Gasteiger partial charge in [-0.3, -0.25) is 0 Å². The molecule has 0 aromatic heterocycles. The number of hydrogen-bond acceptors (Lipinski definition) is 1. The molecular weight excluding hydrogens is 220 g/mol. The first-order valence-electron chi connectivity index (χ1n) is 6.51. The number of benzene rings is 1. The molecule has 1 rings (SSSR count). The van der Waals surface area contributed by atoms with Gasteiger partial charge in [0, 0.05) is 11.1 Å². The average Bonchev–Trinajstić information content (AvgIpc) is 2.42. The molecule has 0 bridgehead atoms. The van der Waals surface area contributed by atoms with Crippen LogP contribution >= 0.6 is 0 Å². The first-order valence-corrected chi connectivity index (χ1v) is 6.51. The van der Waals surface area contributed by atoms with Crippen molar-refractivity contribution in [2.24, 2.45) is 0 Å². The molecule has 0 atom stereocenters. The fourth-order valence-corrected chi connectivity index (χ4v) is 1.74. The van der Waals surface area contributed by atoms with Gasteiger partial charge in [0.05, 0.1) is 6.61 Å². The van der Waals surface area contributed by atoms with Crippen molar-refractivity contribution in [3.8, 4) is 30.4 Å². The predicted octanol–water partition coefficient (Wildman–Crippen LogP) is 4.00. The highest BCUT2D eigenvalue weighted by atomic mass is 16.5. The number of rotatable bonds is 7. The Morgan fingerprint density at radius 3 is 2.11 bits per heavy atom. The van der Waals surface area contributed by atoms with Crippen molar-refractivity contribution in [3.63, 3.8) is 0 Å². The van der Waals surface area contributed by atoms with Crippen molar-refractivity contribution in [2.45, 2.75) is 39.0 Å². The zero-order valence-electron chi connectivity index (χ0n) is 11.0. The van der Waals surface area contributed by atoms with Gasteiger partial charge in [-0.25, -0.2) is 0 Å². The molecule has 0 aliphatic heterocycles. The summed E-state index contributed by atoms with van der Waals surface area (Å²) in [5.41, 5.74) is 1.54. The van der Waals surface area contributed by atoms with Crippen molar-refractivity contribution in [3.05, 3.63) is 29.3 Å². The van der Waals surface area contributed by atoms with E-state index in [1.165, 1.54) is 25.7 Å². The molecule has 0 spiro atoms. The molecule has 18 heavy (non-hydrogen) atoms. The molecule has 0 fully saturated rings. The summed E-state index contributed by atoms with van der Waals surface area (Å²) in [5.74, 6) is 5.94. The van der Waals surface area contributed by atoms with Crippen molar-refractivity contribution in [1.82, 2.24) is 0 Å². The standard InChI is InChI=1S/C17H20O/c1-4-7-8-9-10-11-18-17-13-15(5-2)12-16(6-3)14-17/h2-3,12-14H,4,7-11H2,1H3. The van der Waals surface area contributed by atoms with E-state index >= 15 is 0 Å². The molecule has 0 aliphatic carbocycles. The molecule has 0 saturated heterocycles. The molecule has 0 saturated carbocycles. The van der Waals surface area contributed by atoms with Gasteiger partial charge < -0.3 is 4.74 Å². The summed E-state index contributed by atoms with van der Waals surface area (Å²) < 4.78 is 5.68. The van der Waals surface area contributed by atoms with Crippen LogP contribution in [0.3, 0.4) is 0 Å². The maximum atomic E-state index is 5.68. The molecular formula is C17H20O. The molecule has 1 aromatic rings. The van der Waals surface area contributed by atoms with Gasteiger partial charge in [0.2, 0.25) is 0 Å². The van der Waals surface area contributed by atoms with Crippen molar-refractivity contribution in [1.29, 1.82) is 0 Å². The lowest BCUT2D eigenvalue weighted by Crippen LogP contribution is -1.98. The first-order chi connectivity index (χ1) is 8.80. The highest BCUT2D eigenvalue weighted by molar-refractivity contribution is 5.47. The third-order valence-corrected chi connectivity index (χ3v) is 2.76. The highest BCUT2D eigenvalue weighted by Gasteiger charge is 1.99. The molecule has 0 radical (unpaired) electrons. The quantitative estimate of drug-likeness (QED) is 0.517. The van der Waals surface area contributed by atoms with Gasteiger partial charge in [0.1, 0.15) is 5.75 Å². The highest BCUT2D eigenvalue weighted by Crippen LogP contribution is 2.17. The number of terminal acetylenes is 2. The van der Waals surface area contributed by atoms with Crippen LogP contribution in [-0.2, 0) is 0 Å². The Morgan fingerprint density at radius 2 is 1.56 bits per heavy atom. The van der Waals surface area contributed by atoms with Gasteiger partial charge in [0.25, 0.3) is 0 Å². The maximum Gasteiger partial charge on any atom is 0.121 e. The summed E-state index contributed by atoms with van der Waals surface area (Å²) in [5, 5.41) is 0. The maximum absolute atomic E-state index is 5.68. The molecule has 0 N–H and O–H groups in total. The summed E-state index contributed by atoms with van der Waals surface area (Å²) >= 11 is 0. The molecule has 0 heterocycles. The number of ether oxygens (including phenoxy) is 1. The van der Waals surface area contributed by atoms with Gasteiger partial charge in [-0.05, 0) is 24.6 Å². The minimum atomic E-state index is 0.724. The number of hydrogen-bond donors (Lipinski definition) is 0. The summed E-state index contributed by atoms with van der Waals surface area (Å²) in [6.45, 7) is 2.94. The van der Waals surface area contributed by atoms with Gasteiger partial charge in [-0.15, -0.1) is 12.8 Å². The van der Waals surface area contributed by atoms with E-state index in [1.54, 1.807) is 0 Å². The summed E-state index contributed by atoms with van der Waals surface area (Å²) in [6, 6.07) is 5.52. The fraction of sp³-hybridized carbons (Fsp3) is 0.412. The Hall–Kier alpha value is -1.86. The lowest BCUT2D eigenvalue weighted by atomic mass is 10.1. The van der Waals surface area contributed by atoms with Crippen molar-refractivity contribution in [2.75, 3.05) is 6.61 Å². The third kappa shape index (κ3) is 4.98. The van der Waals surface area contributed by atoms with Crippen LogP contribution in [0.5, 0.6) is 5.75 Å². The zero-order chi connectivity index (χ0) is 13.2. The van der Waals surface area contributed by atoms with E-state index in [9.17, 15) is 0 Å². The van der Waals surface area contributed by atoms with Crippen LogP contribution in [-0.4, -0.2) is 6.61 Å². The topological polar surface area (TPSA) is 9.23 Å². The SMILES string of the molecule is C#Cc1cc(C#C)cc(OCCCCCCC)c1. The second kappa shape index (κ2) is 8.26. The normalized spacial score (nSPS) is 9.50. The molecule has 1 heteroatoms. The van der Waals surface area contributed by atoms with Gasteiger partial charge >= 0.3 is 0 Å². The molecule has 1 nitrogen and oxygen atoms in total. The minimum Gasteiger partial charge on any atom is -0.494 e. The van der Waals surface area contributed by atoms with Gasteiger partial charge in [-0.2, -0.15) is 0 Å². The Labute approximate surface area is 111 Å². The van der Waals surface area contributed by atoms with Crippen LogP contribution < -0.4 is 4.74 Å². The van der Waals surface area contributed by atoms with E-state index in [0.717, 1.165) is 29.9 Å². The lowest BCUT2D eigenvalue weighted by Gasteiger charge is -2.07. The van der Waals surface area contributed by atoms with Crippen LogP contribution in [0.25, 0.3) is 0 Å². The molecule has 0 unspecified atom stereocenters. The smallest absolute Gasteiger partial charge is 0.121 e. The number of unbranched alkanes of at least 4 members (excludes halogenated alkanes) is 4. The van der Waals surface area contributed by atoms with Crippen molar-refractivity contribution >= 4 is 0 Å². The summed E-state index contributed by atoms with van der Waals surface area (Å²) in [6.07, 6.45) is 16.9. The Balaban J connectivity index is 2.43. The zero-order valence-corrected chi connectivity index (χ0v) is 11.0. The molecule has 0 aliphatic rings. The Kier molecular flexibility index (Phi) is 6.52. The largest absolute Gasteiger partial charge is 0.494 e. The van der Waals surface area contributed by atoms with E-state index < -0.39 is 0 Å². The van der Waals surface area contributed by atoms with Gasteiger partial charge in [0.15, 0.2) is 0 Å².